The third-order valence-electron chi connectivity index (χ3n) is 2.76. The molecule has 1 heterocycles. The first-order valence-electron chi connectivity index (χ1n) is 5.12. The molecule has 3 N–H and O–H groups in total. The molecule has 1 atom stereocenters. The summed E-state index contributed by atoms with van der Waals surface area (Å²) < 4.78 is 70.2. The summed E-state index contributed by atoms with van der Waals surface area (Å²) in [4.78, 5) is 0.993. The Morgan fingerprint density at radius 1 is 1.40 bits per heavy atom. The van der Waals surface area contributed by atoms with Crippen molar-refractivity contribution in [1.82, 2.24) is 0 Å². The highest BCUT2D eigenvalue weighted by molar-refractivity contribution is 7.95. The van der Waals surface area contributed by atoms with E-state index in [9.17, 15) is 26.1 Å². The minimum atomic E-state index is -4.86. The lowest BCUT2D eigenvalue weighted by Crippen LogP contribution is -2.32. The van der Waals surface area contributed by atoms with Gasteiger partial charge >= 0.3 is 6.18 Å². The van der Waals surface area contributed by atoms with Crippen LogP contribution >= 0.6 is 11.6 Å². The van der Waals surface area contributed by atoms with Crippen molar-refractivity contribution in [3.05, 3.63) is 28.3 Å². The molecule has 110 valence electrons. The first-order chi connectivity index (χ1) is 8.86. The monoisotopic (exact) mass is 328 g/mol. The van der Waals surface area contributed by atoms with Crippen LogP contribution in [0.3, 0.4) is 0 Å². The second kappa shape index (κ2) is 4.09. The summed E-state index contributed by atoms with van der Waals surface area (Å²) in [7, 11) is -4.86. The molecule has 2 rings (SSSR count). The van der Waals surface area contributed by atoms with Crippen LogP contribution in [0.1, 0.15) is 12.5 Å². The van der Waals surface area contributed by atoms with Gasteiger partial charge in [-0.3, -0.25) is 9.55 Å². The number of alkyl halides is 4. The predicted octanol–water partition coefficient (Wildman–Crippen LogP) is 0.872. The number of benzene rings is 1. The maximum Gasteiger partial charge on any atom is 0.418 e. The van der Waals surface area contributed by atoms with Crippen molar-refractivity contribution in [2.75, 3.05) is 5.73 Å². The van der Waals surface area contributed by atoms with Gasteiger partial charge in [-0.05, 0) is 19.1 Å². The number of halogens is 4. The predicted molar refractivity (Wildman–Crippen MR) is 65.9 cm³/mol. The minimum Gasteiger partial charge on any atom is -0.398 e. The molecular weight excluding hydrogens is 321 g/mol. The summed E-state index contributed by atoms with van der Waals surface area (Å²) >= 11 is 5.84. The van der Waals surface area contributed by atoms with E-state index in [2.05, 4.69) is 4.99 Å². The average molecular weight is 329 g/mol. The minimum absolute atomic E-state index is 0.124. The van der Waals surface area contributed by atoms with E-state index >= 15 is 0 Å². The topological polar surface area (TPSA) is 92.8 Å². The lowest BCUT2D eigenvalue weighted by Gasteiger charge is -2.14. The number of nitrogens with zero attached hydrogens (tertiary/aromatic N) is 1. The van der Waals surface area contributed by atoms with Crippen LogP contribution in [0.2, 0.25) is 0 Å². The number of hydrogen-bond donors (Lipinski definition) is 2. The van der Waals surface area contributed by atoms with Gasteiger partial charge in [-0.2, -0.15) is 21.6 Å². The molecule has 1 aromatic rings. The van der Waals surface area contributed by atoms with Crippen LogP contribution in [-0.2, 0) is 16.3 Å². The Morgan fingerprint density at radius 2 is 1.95 bits per heavy atom. The number of nitrogens with two attached hydrogens (primary N) is 1. The maximum absolute atomic E-state index is 12.8. The lowest BCUT2D eigenvalue weighted by atomic mass is 10.1. The highest BCUT2D eigenvalue weighted by Gasteiger charge is 2.41. The molecule has 1 unspecified atom stereocenters. The Kier molecular flexibility index (Phi) is 3.08. The second-order valence-corrected chi connectivity index (χ2v) is 6.38. The van der Waals surface area contributed by atoms with Gasteiger partial charge in [0.2, 0.25) is 0 Å². The summed E-state index contributed by atoms with van der Waals surface area (Å²) in [5.41, 5.74) is 3.34. The highest BCUT2D eigenvalue weighted by Crippen LogP contribution is 2.35. The van der Waals surface area contributed by atoms with Crippen LogP contribution in [0.25, 0.3) is 4.91 Å². The third-order valence-corrected chi connectivity index (χ3v) is 4.26. The van der Waals surface area contributed by atoms with Gasteiger partial charge in [-0.25, -0.2) is 0 Å². The fourth-order valence-corrected chi connectivity index (χ4v) is 3.52. The van der Waals surface area contributed by atoms with Crippen molar-refractivity contribution in [1.29, 1.82) is 0 Å². The number of hydrogen-bond acceptors (Lipinski definition) is 4. The summed E-state index contributed by atoms with van der Waals surface area (Å²) in [6.07, 6.45) is -4.77. The largest absolute Gasteiger partial charge is 0.418 e. The molecule has 1 aliphatic heterocycles. The van der Waals surface area contributed by atoms with Crippen LogP contribution in [0.5, 0.6) is 0 Å². The fourth-order valence-electron chi connectivity index (χ4n) is 2.06. The maximum atomic E-state index is 12.8. The van der Waals surface area contributed by atoms with Gasteiger partial charge in [0.25, 0.3) is 10.1 Å². The Balaban J connectivity index is 3.06. The van der Waals surface area contributed by atoms with E-state index in [0.717, 1.165) is 13.0 Å². The number of fused-ring (bicyclic) bond motifs is 1. The quantitative estimate of drug-likeness (QED) is 0.346. The first kappa shape index (κ1) is 15.1. The van der Waals surface area contributed by atoms with E-state index in [1.54, 1.807) is 0 Å². The average Bonchev–Trinajstić information content (AvgIpc) is 2.46. The molecule has 1 aliphatic rings. The normalized spacial score (nSPS) is 22.6. The molecule has 0 bridgehead atoms. The Morgan fingerprint density at radius 3 is 2.40 bits per heavy atom. The molecule has 5 nitrogen and oxygen atoms in total. The zero-order valence-electron chi connectivity index (χ0n) is 9.86. The van der Waals surface area contributed by atoms with Crippen LogP contribution < -0.4 is 16.3 Å². The van der Waals surface area contributed by atoms with Gasteiger partial charge < -0.3 is 5.73 Å². The van der Waals surface area contributed by atoms with Gasteiger partial charge in [0.05, 0.1) is 16.6 Å². The van der Waals surface area contributed by atoms with Gasteiger partial charge in [-0.15, -0.1) is 0 Å². The van der Waals surface area contributed by atoms with E-state index in [-0.39, 0.29) is 5.36 Å². The molecule has 10 heteroatoms. The standard InChI is InChI=1S/C10H8ClF3N2O3S/c1-9(11)8(20(17,18)19)6-5(16-9)3-2-4(7(6)15)10(12,13)14/h2-3H,15H2,1H3,(H,17,18,19). The molecule has 0 saturated carbocycles. The van der Waals surface area contributed by atoms with Crippen molar-refractivity contribution in [3.63, 3.8) is 0 Å². The van der Waals surface area contributed by atoms with E-state index in [0.29, 0.717) is 6.07 Å². The smallest absolute Gasteiger partial charge is 0.398 e. The van der Waals surface area contributed by atoms with Crippen LogP contribution in [0.15, 0.2) is 17.1 Å². The third kappa shape index (κ3) is 2.25. The summed E-state index contributed by atoms with van der Waals surface area (Å²) in [6, 6.07) is 1.63. The molecule has 0 radical (unpaired) electrons. The molecule has 20 heavy (non-hydrogen) atoms. The van der Waals surface area contributed by atoms with Crippen LogP contribution in [-0.4, -0.2) is 18.0 Å². The molecule has 0 amide bonds. The molecule has 0 spiro atoms. The van der Waals surface area contributed by atoms with E-state index in [1.807, 2.05) is 0 Å². The van der Waals surface area contributed by atoms with Crippen LogP contribution in [0.4, 0.5) is 18.9 Å². The van der Waals surface area contributed by atoms with Crippen molar-refractivity contribution < 1.29 is 26.1 Å². The van der Waals surface area contributed by atoms with E-state index < -0.39 is 42.7 Å². The summed E-state index contributed by atoms with van der Waals surface area (Å²) in [5, 5.41) is -0.638. The Hall–Kier alpha value is -1.32. The highest BCUT2D eigenvalue weighted by atomic mass is 35.5. The van der Waals surface area contributed by atoms with E-state index in [4.69, 9.17) is 17.3 Å². The van der Waals surface area contributed by atoms with Gasteiger partial charge in [0.15, 0.2) is 5.00 Å². The molecule has 0 fully saturated rings. The Labute approximate surface area is 116 Å². The van der Waals surface area contributed by atoms with Crippen molar-refractivity contribution in [2.24, 2.45) is 4.99 Å². The molecular formula is C10H8ClF3N2O3S. The molecule has 0 saturated heterocycles. The number of anilines is 1. The van der Waals surface area contributed by atoms with Gasteiger partial charge in [0, 0.05) is 5.22 Å². The van der Waals surface area contributed by atoms with Crippen molar-refractivity contribution in [3.8, 4) is 0 Å². The Bertz CT molecular complexity index is 815. The van der Waals surface area contributed by atoms with E-state index in [1.165, 1.54) is 0 Å². The molecule has 0 aromatic heterocycles. The number of rotatable bonds is 1. The van der Waals surface area contributed by atoms with Crippen molar-refractivity contribution in [2.45, 2.75) is 18.1 Å². The second-order valence-electron chi connectivity index (χ2n) is 4.29. The molecule has 1 aromatic carbocycles. The summed E-state index contributed by atoms with van der Waals surface area (Å²) in [6.45, 7) is 1.13. The first-order valence-corrected chi connectivity index (χ1v) is 6.94. The SMILES string of the molecule is CC1(Cl)N=c2ccc(C(F)(F)F)c(N)c2=C1S(=O)(=O)O. The van der Waals surface area contributed by atoms with Crippen molar-refractivity contribution >= 4 is 32.3 Å². The summed E-state index contributed by atoms with van der Waals surface area (Å²) in [5.74, 6) is 0. The number of nitrogen functional groups attached to an aromatic ring is 1. The fraction of sp³-hybridized carbons (Fsp3) is 0.300. The van der Waals surface area contributed by atoms with Gasteiger partial charge in [-0.1, -0.05) is 11.6 Å². The van der Waals surface area contributed by atoms with Crippen LogP contribution in [0, 0.1) is 0 Å². The zero-order chi connectivity index (χ0) is 15.5. The molecule has 0 aliphatic carbocycles. The lowest BCUT2D eigenvalue weighted by molar-refractivity contribution is -0.136. The zero-order valence-corrected chi connectivity index (χ0v) is 11.4. The van der Waals surface area contributed by atoms with Gasteiger partial charge in [0.1, 0.15) is 4.91 Å².